The van der Waals surface area contributed by atoms with E-state index in [2.05, 4.69) is 25.7 Å². The van der Waals surface area contributed by atoms with E-state index in [1.54, 1.807) is 0 Å². The first-order valence-electron chi connectivity index (χ1n) is 13.9. The molecule has 38 heavy (non-hydrogen) atoms. The number of amides is 1. The Labute approximate surface area is 223 Å². The minimum Gasteiger partial charge on any atom is -0.379 e. The predicted molar refractivity (Wildman–Crippen MR) is 149 cm³/mol. The standard InChI is InChI=1S/C30H37N5O3/c1-29(2)18-26(36)22-16-20(6-8-24(22)32-29)27-23-17-21(7-9-25(23)33-34-27)28(37)31-19-30(10-4-3-5-11-30)35-12-14-38-15-13-35/h6-9,16-17,32H,3-5,10-15,18-19H2,1-2H3,(H,31,37)(H,33,34). The highest BCUT2D eigenvalue weighted by Gasteiger charge is 2.39. The van der Waals surface area contributed by atoms with E-state index in [9.17, 15) is 9.59 Å². The lowest BCUT2D eigenvalue weighted by atomic mass is 9.79. The van der Waals surface area contributed by atoms with Crippen molar-refractivity contribution in [3.05, 3.63) is 47.5 Å². The zero-order valence-electron chi connectivity index (χ0n) is 22.4. The normalized spacial score (nSPS) is 21.1. The van der Waals surface area contributed by atoms with E-state index in [0.717, 1.165) is 67.0 Å². The van der Waals surface area contributed by atoms with Gasteiger partial charge in [0, 0.05) is 64.9 Å². The molecule has 3 aromatic rings. The predicted octanol–water partition coefficient (Wildman–Crippen LogP) is 4.77. The van der Waals surface area contributed by atoms with E-state index < -0.39 is 0 Å². The maximum Gasteiger partial charge on any atom is 0.251 e. The number of morpholine rings is 1. The number of Topliss-reactive ketones (excluding diaryl/α,β-unsaturated/α-hetero) is 1. The van der Waals surface area contributed by atoms with E-state index in [1.807, 2.05) is 50.2 Å². The lowest BCUT2D eigenvalue weighted by molar-refractivity contribution is -0.0361. The zero-order chi connectivity index (χ0) is 26.3. The molecule has 3 heterocycles. The van der Waals surface area contributed by atoms with Crippen molar-refractivity contribution in [2.45, 2.75) is 63.5 Å². The second-order valence-electron chi connectivity index (χ2n) is 11.8. The Bertz CT molecular complexity index is 1370. The number of carbonyl (C=O) groups excluding carboxylic acids is 2. The summed E-state index contributed by atoms with van der Waals surface area (Å²) in [6.07, 6.45) is 6.34. The average Bonchev–Trinajstić information content (AvgIpc) is 3.35. The van der Waals surface area contributed by atoms with Crippen molar-refractivity contribution in [2.75, 3.05) is 38.2 Å². The van der Waals surface area contributed by atoms with Crippen LogP contribution in [-0.4, -0.2) is 70.7 Å². The fourth-order valence-corrected chi connectivity index (χ4v) is 6.51. The van der Waals surface area contributed by atoms with Crippen LogP contribution in [0, 0.1) is 0 Å². The van der Waals surface area contributed by atoms with E-state index >= 15 is 0 Å². The highest BCUT2D eigenvalue weighted by molar-refractivity contribution is 6.06. The zero-order valence-corrected chi connectivity index (χ0v) is 22.4. The molecule has 0 bridgehead atoms. The highest BCUT2D eigenvalue weighted by atomic mass is 16.5. The number of hydrogen-bond acceptors (Lipinski definition) is 6. The number of ether oxygens (including phenoxy) is 1. The number of ketones is 1. The lowest BCUT2D eigenvalue weighted by Gasteiger charge is -2.48. The average molecular weight is 516 g/mol. The Morgan fingerprint density at radius 1 is 1.08 bits per heavy atom. The minimum absolute atomic E-state index is 0.0147. The third kappa shape index (κ3) is 4.71. The lowest BCUT2D eigenvalue weighted by Crippen LogP contribution is -2.59. The molecule has 3 N–H and O–H groups in total. The number of nitrogens with one attached hydrogen (secondary N) is 3. The van der Waals surface area contributed by atoms with Gasteiger partial charge in [-0.3, -0.25) is 19.6 Å². The number of benzene rings is 2. The van der Waals surface area contributed by atoms with Crippen LogP contribution < -0.4 is 10.6 Å². The van der Waals surface area contributed by atoms with E-state index in [-0.39, 0.29) is 22.8 Å². The molecule has 1 saturated carbocycles. The largest absolute Gasteiger partial charge is 0.379 e. The van der Waals surface area contributed by atoms with Crippen LogP contribution in [0.5, 0.6) is 0 Å². The third-order valence-electron chi connectivity index (χ3n) is 8.54. The first-order chi connectivity index (χ1) is 18.3. The molecule has 200 valence electrons. The monoisotopic (exact) mass is 515 g/mol. The molecule has 1 amide bonds. The number of carbonyl (C=O) groups is 2. The molecule has 8 heteroatoms. The molecule has 0 unspecified atom stereocenters. The van der Waals surface area contributed by atoms with E-state index in [4.69, 9.17) is 4.74 Å². The summed E-state index contributed by atoms with van der Waals surface area (Å²) in [6, 6.07) is 11.5. The molecule has 1 aromatic heterocycles. The summed E-state index contributed by atoms with van der Waals surface area (Å²) in [4.78, 5) is 28.8. The molecule has 1 saturated heterocycles. The summed E-state index contributed by atoms with van der Waals surface area (Å²) in [5.74, 6) is 0.0618. The van der Waals surface area contributed by atoms with Gasteiger partial charge in [0.2, 0.25) is 0 Å². The molecule has 6 rings (SSSR count). The number of rotatable bonds is 5. The molecule has 2 fully saturated rings. The number of anilines is 1. The SMILES string of the molecule is CC1(C)CC(=O)c2cc(-c3n[nH]c4ccc(C(=O)NCC5(N6CCOCC6)CCCCC5)cc34)ccc2N1. The van der Waals surface area contributed by atoms with Gasteiger partial charge >= 0.3 is 0 Å². The van der Waals surface area contributed by atoms with Crippen molar-refractivity contribution >= 4 is 28.3 Å². The van der Waals surface area contributed by atoms with Gasteiger partial charge in [0.15, 0.2) is 5.78 Å². The molecule has 2 aliphatic heterocycles. The van der Waals surface area contributed by atoms with Crippen molar-refractivity contribution < 1.29 is 14.3 Å². The number of hydrogen-bond donors (Lipinski definition) is 3. The molecule has 2 aromatic carbocycles. The van der Waals surface area contributed by atoms with Gasteiger partial charge in [0.05, 0.1) is 24.4 Å². The Morgan fingerprint density at radius 3 is 2.66 bits per heavy atom. The second-order valence-corrected chi connectivity index (χ2v) is 11.8. The summed E-state index contributed by atoms with van der Waals surface area (Å²) in [6.45, 7) is 8.10. The quantitative estimate of drug-likeness (QED) is 0.453. The smallest absolute Gasteiger partial charge is 0.251 e. The molecular weight excluding hydrogens is 478 g/mol. The number of nitrogens with zero attached hydrogens (tertiary/aromatic N) is 2. The van der Waals surface area contributed by atoms with Crippen LogP contribution in [-0.2, 0) is 4.74 Å². The van der Waals surface area contributed by atoms with Gasteiger partial charge in [-0.05, 0) is 57.0 Å². The van der Waals surface area contributed by atoms with Crippen LogP contribution >= 0.6 is 0 Å². The summed E-state index contributed by atoms with van der Waals surface area (Å²) < 4.78 is 5.60. The van der Waals surface area contributed by atoms with Crippen molar-refractivity contribution in [1.29, 1.82) is 0 Å². The first-order valence-corrected chi connectivity index (χ1v) is 13.9. The van der Waals surface area contributed by atoms with Gasteiger partial charge in [0.1, 0.15) is 0 Å². The number of aromatic amines is 1. The number of H-pyrrole nitrogens is 1. The van der Waals surface area contributed by atoms with Gasteiger partial charge in [-0.1, -0.05) is 25.3 Å². The van der Waals surface area contributed by atoms with Crippen LogP contribution in [0.15, 0.2) is 36.4 Å². The van der Waals surface area contributed by atoms with Crippen LogP contribution in [0.25, 0.3) is 22.2 Å². The van der Waals surface area contributed by atoms with Gasteiger partial charge in [-0.15, -0.1) is 0 Å². The van der Waals surface area contributed by atoms with E-state index in [1.165, 1.54) is 19.3 Å². The summed E-state index contributed by atoms with van der Waals surface area (Å²) in [7, 11) is 0. The van der Waals surface area contributed by atoms with Crippen LogP contribution in [0.1, 0.15) is 73.1 Å². The van der Waals surface area contributed by atoms with E-state index in [0.29, 0.717) is 24.1 Å². The fourth-order valence-electron chi connectivity index (χ4n) is 6.51. The van der Waals surface area contributed by atoms with Gasteiger partial charge in [-0.25, -0.2) is 0 Å². The molecule has 1 aliphatic carbocycles. The third-order valence-corrected chi connectivity index (χ3v) is 8.54. The van der Waals surface area contributed by atoms with Gasteiger partial charge in [-0.2, -0.15) is 5.10 Å². The Morgan fingerprint density at radius 2 is 1.87 bits per heavy atom. The van der Waals surface area contributed by atoms with Crippen molar-refractivity contribution in [3.63, 3.8) is 0 Å². The molecule has 8 nitrogen and oxygen atoms in total. The number of aromatic nitrogens is 2. The maximum atomic E-state index is 13.4. The molecule has 0 atom stereocenters. The van der Waals surface area contributed by atoms with Crippen LogP contribution in [0.4, 0.5) is 5.69 Å². The Hall–Kier alpha value is -3.23. The van der Waals surface area contributed by atoms with Crippen molar-refractivity contribution in [3.8, 4) is 11.3 Å². The summed E-state index contributed by atoms with van der Waals surface area (Å²) >= 11 is 0. The van der Waals surface area contributed by atoms with Crippen LogP contribution in [0.3, 0.4) is 0 Å². The molecular formula is C30H37N5O3. The van der Waals surface area contributed by atoms with Crippen molar-refractivity contribution in [2.24, 2.45) is 0 Å². The second kappa shape index (κ2) is 9.82. The topological polar surface area (TPSA) is 99.3 Å². The highest BCUT2D eigenvalue weighted by Crippen LogP contribution is 2.36. The Kier molecular flexibility index (Phi) is 6.48. The Balaban J connectivity index is 1.24. The molecule has 0 radical (unpaired) electrons. The first kappa shape index (κ1) is 25.1. The summed E-state index contributed by atoms with van der Waals surface area (Å²) in [5, 5.41) is 15.2. The van der Waals surface area contributed by atoms with Gasteiger partial charge in [0.25, 0.3) is 5.91 Å². The molecule has 3 aliphatic rings. The maximum absolute atomic E-state index is 13.4. The minimum atomic E-state index is -0.259. The fraction of sp³-hybridized carbons (Fsp3) is 0.500. The molecule has 0 spiro atoms. The van der Waals surface area contributed by atoms with Gasteiger partial charge < -0.3 is 15.4 Å². The van der Waals surface area contributed by atoms with Crippen LogP contribution in [0.2, 0.25) is 0 Å². The summed E-state index contributed by atoms with van der Waals surface area (Å²) in [5.41, 5.74) is 4.37. The van der Waals surface area contributed by atoms with Crippen molar-refractivity contribution in [1.82, 2.24) is 20.4 Å². The number of fused-ring (bicyclic) bond motifs is 2.